The predicted octanol–water partition coefficient (Wildman–Crippen LogP) is 5.12. The van der Waals surface area contributed by atoms with Gasteiger partial charge in [-0.1, -0.05) is 48.0 Å². The van der Waals surface area contributed by atoms with Crippen LogP contribution in [0.4, 0.5) is 11.4 Å². The number of carbonyl (C=O) groups is 2. The normalized spacial score (nSPS) is 16.4. The van der Waals surface area contributed by atoms with Crippen LogP contribution >= 0.6 is 23.8 Å². The number of ketones is 1. The SMILES string of the molecule is O=C(C[C@H]1C(=O)N(c2ccccc2)C(=S)N1c1ccccc1)c1ccc(Cl)cc1. The number of benzene rings is 3. The largest absolute Gasteiger partial charge is 0.305 e. The van der Waals surface area contributed by atoms with Crippen LogP contribution in [0.2, 0.25) is 5.02 Å². The Morgan fingerprint density at radius 1 is 0.862 bits per heavy atom. The lowest BCUT2D eigenvalue weighted by molar-refractivity contribution is -0.117. The summed E-state index contributed by atoms with van der Waals surface area (Å²) < 4.78 is 0. The zero-order valence-electron chi connectivity index (χ0n) is 15.4. The van der Waals surface area contributed by atoms with Gasteiger partial charge in [0.2, 0.25) is 0 Å². The van der Waals surface area contributed by atoms with E-state index >= 15 is 0 Å². The molecule has 6 heteroatoms. The van der Waals surface area contributed by atoms with Crippen molar-refractivity contribution in [1.82, 2.24) is 0 Å². The van der Waals surface area contributed by atoms with Crippen LogP contribution in [-0.4, -0.2) is 22.8 Å². The van der Waals surface area contributed by atoms with Crippen molar-refractivity contribution in [2.24, 2.45) is 0 Å². The number of hydrogen-bond donors (Lipinski definition) is 0. The lowest BCUT2D eigenvalue weighted by Gasteiger charge is -2.23. The molecule has 0 unspecified atom stereocenters. The average molecular weight is 421 g/mol. The summed E-state index contributed by atoms with van der Waals surface area (Å²) in [7, 11) is 0. The smallest absolute Gasteiger partial charge is 0.256 e. The second kappa shape index (κ2) is 8.15. The van der Waals surface area contributed by atoms with Gasteiger partial charge in [-0.05, 0) is 60.7 Å². The van der Waals surface area contributed by atoms with E-state index in [4.69, 9.17) is 23.8 Å². The summed E-state index contributed by atoms with van der Waals surface area (Å²) >= 11 is 11.6. The Kier molecular flexibility index (Phi) is 5.43. The van der Waals surface area contributed by atoms with Crippen LogP contribution in [0.3, 0.4) is 0 Å². The fourth-order valence-electron chi connectivity index (χ4n) is 3.40. The van der Waals surface area contributed by atoms with Crippen LogP contribution in [0.5, 0.6) is 0 Å². The summed E-state index contributed by atoms with van der Waals surface area (Å²) in [5.41, 5.74) is 1.97. The van der Waals surface area contributed by atoms with Gasteiger partial charge in [0.25, 0.3) is 5.91 Å². The Morgan fingerprint density at radius 3 is 2.00 bits per heavy atom. The highest BCUT2D eigenvalue weighted by Crippen LogP contribution is 2.32. The molecular weight excluding hydrogens is 404 g/mol. The zero-order chi connectivity index (χ0) is 20.4. The topological polar surface area (TPSA) is 40.6 Å². The fraction of sp³-hybridized carbons (Fsp3) is 0.0870. The summed E-state index contributed by atoms with van der Waals surface area (Å²) in [4.78, 5) is 29.5. The molecule has 0 aliphatic carbocycles. The first-order valence-electron chi connectivity index (χ1n) is 9.12. The van der Waals surface area contributed by atoms with Gasteiger partial charge in [-0.2, -0.15) is 0 Å². The van der Waals surface area contributed by atoms with E-state index in [9.17, 15) is 9.59 Å². The number of carbonyl (C=O) groups excluding carboxylic acids is 2. The third-order valence-corrected chi connectivity index (χ3v) is 5.44. The molecule has 0 spiro atoms. The molecule has 0 N–H and O–H groups in total. The van der Waals surface area contributed by atoms with Crippen molar-refractivity contribution < 1.29 is 9.59 Å². The molecule has 1 aliphatic heterocycles. The van der Waals surface area contributed by atoms with Crippen molar-refractivity contribution in [3.8, 4) is 0 Å². The number of rotatable bonds is 5. The molecule has 1 fully saturated rings. The van der Waals surface area contributed by atoms with Gasteiger partial charge < -0.3 is 4.90 Å². The number of Topliss-reactive ketones (excluding diaryl/α,β-unsaturated/α-hetero) is 1. The molecule has 0 bridgehead atoms. The van der Waals surface area contributed by atoms with Gasteiger partial charge in [-0.25, -0.2) is 0 Å². The molecule has 0 radical (unpaired) electrons. The van der Waals surface area contributed by atoms with Crippen molar-refractivity contribution in [2.45, 2.75) is 12.5 Å². The van der Waals surface area contributed by atoms with Crippen molar-refractivity contribution in [2.75, 3.05) is 9.80 Å². The summed E-state index contributed by atoms with van der Waals surface area (Å²) in [6.07, 6.45) is 0.0127. The van der Waals surface area contributed by atoms with Gasteiger partial charge in [-0.3, -0.25) is 14.5 Å². The van der Waals surface area contributed by atoms with Crippen molar-refractivity contribution in [3.63, 3.8) is 0 Å². The van der Waals surface area contributed by atoms with Gasteiger partial charge in [0.15, 0.2) is 10.9 Å². The molecule has 1 atom stereocenters. The number of halogens is 1. The molecule has 1 aliphatic rings. The summed E-state index contributed by atoms with van der Waals surface area (Å²) in [6.45, 7) is 0. The van der Waals surface area contributed by atoms with Gasteiger partial charge in [0, 0.05) is 22.7 Å². The molecule has 0 saturated carbocycles. The van der Waals surface area contributed by atoms with Crippen molar-refractivity contribution in [1.29, 1.82) is 0 Å². The minimum Gasteiger partial charge on any atom is -0.305 e. The van der Waals surface area contributed by atoms with Crippen molar-refractivity contribution >= 4 is 52.0 Å². The Balaban J connectivity index is 1.70. The highest BCUT2D eigenvalue weighted by atomic mass is 35.5. The second-order valence-electron chi connectivity index (χ2n) is 6.65. The minimum absolute atomic E-state index is 0.0127. The highest BCUT2D eigenvalue weighted by molar-refractivity contribution is 7.81. The predicted molar refractivity (Wildman–Crippen MR) is 120 cm³/mol. The third-order valence-electron chi connectivity index (χ3n) is 4.81. The summed E-state index contributed by atoms with van der Waals surface area (Å²) in [5, 5.41) is 0.919. The third kappa shape index (κ3) is 3.79. The minimum atomic E-state index is -0.715. The number of para-hydroxylation sites is 2. The Morgan fingerprint density at radius 2 is 1.41 bits per heavy atom. The Bertz CT molecular complexity index is 1060. The lowest BCUT2D eigenvalue weighted by Crippen LogP contribution is -2.36. The molecule has 4 nitrogen and oxygen atoms in total. The van der Waals surface area contributed by atoms with E-state index in [1.165, 1.54) is 4.90 Å². The van der Waals surface area contributed by atoms with E-state index < -0.39 is 6.04 Å². The molecule has 0 aromatic heterocycles. The maximum absolute atomic E-state index is 13.3. The number of anilines is 2. The van der Waals surface area contributed by atoms with E-state index in [0.29, 0.717) is 21.4 Å². The van der Waals surface area contributed by atoms with Gasteiger partial charge in [0.1, 0.15) is 6.04 Å². The van der Waals surface area contributed by atoms with Crippen LogP contribution in [0, 0.1) is 0 Å². The van der Waals surface area contributed by atoms with Crippen molar-refractivity contribution in [3.05, 3.63) is 95.5 Å². The van der Waals surface area contributed by atoms with Crippen LogP contribution in [0.1, 0.15) is 16.8 Å². The lowest BCUT2D eigenvalue weighted by atomic mass is 10.0. The molecule has 3 aromatic rings. The van der Waals surface area contributed by atoms with E-state index in [1.54, 1.807) is 29.2 Å². The van der Waals surface area contributed by atoms with Crippen LogP contribution in [-0.2, 0) is 4.79 Å². The monoisotopic (exact) mass is 420 g/mol. The molecule has 1 saturated heterocycles. The number of hydrogen-bond acceptors (Lipinski definition) is 3. The average Bonchev–Trinajstić information content (AvgIpc) is 2.99. The molecule has 144 valence electrons. The number of nitrogens with zero attached hydrogens (tertiary/aromatic N) is 2. The maximum atomic E-state index is 13.3. The van der Waals surface area contributed by atoms with E-state index in [1.807, 2.05) is 60.7 Å². The quantitative estimate of drug-likeness (QED) is 0.424. The molecule has 3 aromatic carbocycles. The molecule has 4 rings (SSSR count). The number of thiocarbonyl (C=S) groups is 1. The zero-order valence-corrected chi connectivity index (χ0v) is 16.9. The van der Waals surface area contributed by atoms with E-state index in [0.717, 1.165) is 5.69 Å². The molecular formula is C23H17ClN2O2S. The molecule has 29 heavy (non-hydrogen) atoms. The fourth-order valence-corrected chi connectivity index (χ4v) is 3.95. The first kappa shape index (κ1) is 19.3. The summed E-state index contributed by atoms with van der Waals surface area (Å²) in [5.74, 6) is -0.356. The number of amides is 1. The molecule has 1 heterocycles. The Labute approximate surface area is 179 Å². The van der Waals surface area contributed by atoms with Gasteiger partial charge in [0.05, 0.1) is 5.69 Å². The second-order valence-corrected chi connectivity index (χ2v) is 7.45. The highest BCUT2D eigenvalue weighted by Gasteiger charge is 2.44. The first-order chi connectivity index (χ1) is 14.1. The Hall–Kier alpha value is -3.02. The molecule has 1 amide bonds. The maximum Gasteiger partial charge on any atom is 0.256 e. The van der Waals surface area contributed by atoms with Gasteiger partial charge >= 0.3 is 0 Å². The van der Waals surface area contributed by atoms with Crippen LogP contribution in [0.25, 0.3) is 0 Å². The van der Waals surface area contributed by atoms with E-state index in [-0.39, 0.29) is 18.1 Å². The van der Waals surface area contributed by atoms with Crippen LogP contribution in [0.15, 0.2) is 84.9 Å². The van der Waals surface area contributed by atoms with E-state index in [2.05, 4.69) is 0 Å². The summed E-state index contributed by atoms with van der Waals surface area (Å²) in [6, 6.07) is 24.6. The van der Waals surface area contributed by atoms with Gasteiger partial charge in [-0.15, -0.1) is 0 Å². The first-order valence-corrected chi connectivity index (χ1v) is 9.91. The van der Waals surface area contributed by atoms with Crippen LogP contribution < -0.4 is 9.80 Å². The standard InChI is InChI=1S/C23H17ClN2O2S/c24-17-13-11-16(12-14-17)21(27)15-20-22(28)26(19-9-5-2-6-10-19)23(29)25(20)18-7-3-1-4-8-18/h1-14,20H,15H2/t20-/m0/s1.